The molecule has 16 heavy (non-hydrogen) atoms. The van der Waals surface area contributed by atoms with Crippen molar-refractivity contribution >= 4 is 5.91 Å². The molecule has 1 aliphatic rings. The van der Waals surface area contributed by atoms with Gasteiger partial charge in [0.05, 0.1) is 5.60 Å². The molecule has 0 aromatic heterocycles. The topological polar surface area (TPSA) is 75.4 Å². The van der Waals surface area contributed by atoms with Crippen molar-refractivity contribution in [2.75, 3.05) is 13.1 Å². The van der Waals surface area contributed by atoms with Crippen LogP contribution < -0.4 is 11.1 Å². The molecule has 1 amide bonds. The number of nitrogens with one attached hydrogen (secondary N) is 1. The van der Waals surface area contributed by atoms with Crippen molar-refractivity contribution in [3.63, 3.8) is 0 Å². The summed E-state index contributed by atoms with van der Waals surface area (Å²) < 4.78 is 0. The molecule has 0 atom stereocenters. The molecule has 4 heteroatoms. The quantitative estimate of drug-likeness (QED) is 0.567. The summed E-state index contributed by atoms with van der Waals surface area (Å²) >= 11 is 0. The normalized spacial score (nSPS) is 19.6. The fraction of sp³-hybridized carbons (Fsp3) is 0.917. The second kappa shape index (κ2) is 6.86. The number of primary amides is 1. The van der Waals surface area contributed by atoms with E-state index in [0.717, 1.165) is 45.1 Å². The van der Waals surface area contributed by atoms with Crippen LogP contribution in [0.15, 0.2) is 0 Å². The molecule has 1 rings (SSSR count). The summed E-state index contributed by atoms with van der Waals surface area (Å²) in [5.41, 5.74) is 4.56. The minimum atomic E-state index is -0.484. The Labute approximate surface area is 97.6 Å². The van der Waals surface area contributed by atoms with E-state index >= 15 is 0 Å². The first-order valence-electron chi connectivity index (χ1n) is 6.34. The van der Waals surface area contributed by atoms with Crippen LogP contribution in [-0.4, -0.2) is 29.7 Å². The van der Waals surface area contributed by atoms with E-state index in [1.54, 1.807) is 0 Å². The number of hydrogen-bond acceptors (Lipinski definition) is 3. The van der Waals surface area contributed by atoms with Gasteiger partial charge in [-0.05, 0) is 32.2 Å². The Morgan fingerprint density at radius 1 is 1.25 bits per heavy atom. The van der Waals surface area contributed by atoms with Crippen molar-refractivity contribution in [2.24, 2.45) is 5.73 Å². The highest BCUT2D eigenvalue weighted by Gasteiger charge is 2.28. The Morgan fingerprint density at radius 2 is 1.94 bits per heavy atom. The zero-order valence-electron chi connectivity index (χ0n) is 10.0. The highest BCUT2D eigenvalue weighted by atomic mass is 16.3. The van der Waals surface area contributed by atoms with Crippen molar-refractivity contribution in [3.8, 4) is 0 Å². The van der Waals surface area contributed by atoms with Crippen LogP contribution in [0.5, 0.6) is 0 Å². The largest absolute Gasteiger partial charge is 0.389 e. The summed E-state index contributed by atoms with van der Waals surface area (Å²) in [4.78, 5) is 10.5. The van der Waals surface area contributed by atoms with Crippen LogP contribution in [0.1, 0.15) is 51.4 Å². The third kappa shape index (κ3) is 5.47. The summed E-state index contributed by atoms with van der Waals surface area (Å²) in [7, 11) is 0. The van der Waals surface area contributed by atoms with Gasteiger partial charge in [-0.3, -0.25) is 4.79 Å². The molecule has 0 heterocycles. The summed E-state index contributed by atoms with van der Waals surface area (Å²) in [5.74, 6) is -0.231. The van der Waals surface area contributed by atoms with Gasteiger partial charge in [-0.15, -0.1) is 0 Å². The molecule has 1 fully saturated rings. The van der Waals surface area contributed by atoms with E-state index in [-0.39, 0.29) is 5.91 Å². The fourth-order valence-electron chi connectivity index (χ4n) is 2.26. The van der Waals surface area contributed by atoms with Gasteiger partial charge in [0.25, 0.3) is 0 Å². The van der Waals surface area contributed by atoms with Crippen LogP contribution in [0.3, 0.4) is 0 Å². The highest BCUT2D eigenvalue weighted by molar-refractivity contribution is 5.73. The summed E-state index contributed by atoms with van der Waals surface area (Å²) in [6.07, 6.45) is 7.61. The lowest BCUT2D eigenvalue weighted by Gasteiger charge is -2.32. The van der Waals surface area contributed by atoms with Crippen LogP contribution in [0.2, 0.25) is 0 Å². The molecule has 0 aromatic rings. The molecule has 4 N–H and O–H groups in total. The molecule has 1 aliphatic carbocycles. The second-order valence-corrected chi connectivity index (χ2v) is 4.89. The van der Waals surface area contributed by atoms with Gasteiger partial charge in [0.15, 0.2) is 0 Å². The summed E-state index contributed by atoms with van der Waals surface area (Å²) in [5, 5.41) is 13.4. The molecular formula is C12H24N2O2. The van der Waals surface area contributed by atoms with Gasteiger partial charge in [-0.2, -0.15) is 0 Å². The Kier molecular flexibility index (Phi) is 5.77. The lowest BCUT2D eigenvalue weighted by atomic mass is 9.85. The van der Waals surface area contributed by atoms with E-state index in [1.807, 2.05) is 0 Å². The molecular weight excluding hydrogens is 204 g/mol. The first-order chi connectivity index (χ1) is 7.62. The molecule has 4 nitrogen and oxygen atoms in total. The molecule has 0 aromatic carbocycles. The molecule has 0 spiro atoms. The second-order valence-electron chi connectivity index (χ2n) is 4.89. The number of carbonyl (C=O) groups excluding carboxylic acids is 1. The number of carbonyl (C=O) groups is 1. The Hall–Kier alpha value is -0.610. The maximum Gasteiger partial charge on any atom is 0.217 e. The van der Waals surface area contributed by atoms with Crippen molar-refractivity contribution in [1.29, 1.82) is 0 Å². The van der Waals surface area contributed by atoms with Gasteiger partial charge in [0, 0.05) is 13.0 Å². The van der Waals surface area contributed by atoms with E-state index in [1.165, 1.54) is 6.42 Å². The molecule has 0 aliphatic heterocycles. The summed E-state index contributed by atoms with van der Waals surface area (Å²) in [6, 6.07) is 0. The first-order valence-corrected chi connectivity index (χ1v) is 6.34. The minimum absolute atomic E-state index is 0.231. The summed E-state index contributed by atoms with van der Waals surface area (Å²) in [6.45, 7) is 1.54. The first kappa shape index (κ1) is 13.5. The van der Waals surface area contributed by atoms with E-state index in [4.69, 9.17) is 5.73 Å². The predicted molar refractivity (Wildman–Crippen MR) is 63.9 cm³/mol. The van der Waals surface area contributed by atoms with Crippen LogP contribution >= 0.6 is 0 Å². The van der Waals surface area contributed by atoms with E-state index in [9.17, 15) is 9.90 Å². The maximum absolute atomic E-state index is 10.5. The van der Waals surface area contributed by atoms with Crippen molar-refractivity contribution in [1.82, 2.24) is 5.32 Å². The van der Waals surface area contributed by atoms with E-state index in [0.29, 0.717) is 13.0 Å². The molecule has 1 saturated carbocycles. The van der Waals surface area contributed by atoms with E-state index < -0.39 is 5.60 Å². The minimum Gasteiger partial charge on any atom is -0.389 e. The van der Waals surface area contributed by atoms with Gasteiger partial charge < -0.3 is 16.2 Å². The predicted octanol–water partition coefficient (Wildman–Crippen LogP) is 0.927. The maximum atomic E-state index is 10.5. The van der Waals surface area contributed by atoms with Gasteiger partial charge in [-0.25, -0.2) is 0 Å². The Bertz CT molecular complexity index is 213. The zero-order chi connectivity index (χ0) is 11.9. The van der Waals surface area contributed by atoms with Crippen LogP contribution in [0.25, 0.3) is 0 Å². The van der Waals surface area contributed by atoms with Gasteiger partial charge in [0.1, 0.15) is 0 Å². The average molecular weight is 228 g/mol. The number of nitrogens with two attached hydrogens (primary N) is 1. The van der Waals surface area contributed by atoms with Gasteiger partial charge in [0.2, 0.25) is 5.91 Å². The molecule has 0 radical (unpaired) electrons. The van der Waals surface area contributed by atoms with Crippen LogP contribution in [0.4, 0.5) is 0 Å². The van der Waals surface area contributed by atoms with Crippen molar-refractivity contribution in [2.45, 2.75) is 57.0 Å². The lowest BCUT2D eigenvalue weighted by molar-refractivity contribution is -0.118. The zero-order valence-corrected chi connectivity index (χ0v) is 10.0. The van der Waals surface area contributed by atoms with Crippen molar-refractivity contribution < 1.29 is 9.90 Å². The van der Waals surface area contributed by atoms with Crippen LogP contribution in [-0.2, 0) is 4.79 Å². The lowest BCUT2D eigenvalue weighted by Crippen LogP contribution is -2.42. The molecule has 94 valence electrons. The smallest absolute Gasteiger partial charge is 0.217 e. The third-order valence-corrected chi connectivity index (χ3v) is 3.27. The molecule has 0 saturated heterocycles. The van der Waals surface area contributed by atoms with Crippen LogP contribution in [0, 0.1) is 0 Å². The highest BCUT2D eigenvalue weighted by Crippen LogP contribution is 2.27. The Balaban J connectivity index is 1.99. The molecule has 0 bridgehead atoms. The average Bonchev–Trinajstić information content (AvgIpc) is 2.24. The standard InChI is InChI=1S/C12H24N2O2/c13-11(15)6-2-5-9-14-10-12(16)7-3-1-4-8-12/h14,16H,1-10H2,(H2,13,15). The third-order valence-electron chi connectivity index (χ3n) is 3.27. The number of unbranched alkanes of at least 4 members (excludes halogenated alkanes) is 1. The number of hydrogen-bond donors (Lipinski definition) is 3. The number of aliphatic hydroxyl groups is 1. The number of rotatable bonds is 7. The van der Waals surface area contributed by atoms with E-state index in [2.05, 4.69) is 5.32 Å². The number of amides is 1. The monoisotopic (exact) mass is 228 g/mol. The SMILES string of the molecule is NC(=O)CCCCNCC1(O)CCCCC1. The van der Waals surface area contributed by atoms with Gasteiger partial charge >= 0.3 is 0 Å². The van der Waals surface area contributed by atoms with Crippen molar-refractivity contribution in [3.05, 3.63) is 0 Å². The van der Waals surface area contributed by atoms with Gasteiger partial charge in [-0.1, -0.05) is 19.3 Å². The fourth-order valence-corrected chi connectivity index (χ4v) is 2.26. The molecule has 0 unspecified atom stereocenters. The Morgan fingerprint density at radius 3 is 2.56 bits per heavy atom.